The monoisotopic (exact) mass is 322 g/mol. The van der Waals surface area contributed by atoms with Gasteiger partial charge in [0.1, 0.15) is 5.60 Å². The van der Waals surface area contributed by atoms with Crippen molar-refractivity contribution in [2.45, 2.75) is 65.9 Å². The molecule has 1 rings (SSSR count). The molecule has 0 amide bonds. The summed E-state index contributed by atoms with van der Waals surface area (Å²) in [6, 6.07) is 0. The second-order valence-electron chi connectivity index (χ2n) is 6.34. The zero-order chi connectivity index (χ0) is 17.6. The Morgan fingerprint density at radius 3 is 2.09 bits per heavy atom. The van der Waals surface area contributed by atoms with Crippen molar-refractivity contribution in [2.75, 3.05) is 7.11 Å². The summed E-state index contributed by atoms with van der Waals surface area (Å²) in [7, 11) is 1.28. The Balaban J connectivity index is 3.51. The average Bonchev–Trinajstić information content (AvgIpc) is 2.45. The third kappa shape index (κ3) is 5.01. The van der Waals surface area contributed by atoms with E-state index in [-0.39, 0.29) is 5.69 Å². The normalized spacial score (nSPS) is 11.2. The predicted molar refractivity (Wildman–Crippen MR) is 86.5 cm³/mol. The molecule has 0 unspecified atom stereocenters. The Morgan fingerprint density at radius 2 is 1.61 bits per heavy atom. The highest BCUT2D eigenvalue weighted by Crippen LogP contribution is 2.23. The molecule has 0 aliphatic carbocycles. The molecule has 0 saturated carbocycles. The fourth-order valence-corrected chi connectivity index (χ4v) is 2.25. The van der Waals surface area contributed by atoms with Gasteiger partial charge in [0.05, 0.1) is 18.4 Å². The number of aromatic nitrogens is 2. The lowest BCUT2D eigenvalue weighted by Gasteiger charge is -2.22. The summed E-state index contributed by atoms with van der Waals surface area (Å²) in [4.78, 5) is 24.6. The molecule has 6 nitrogen and oxygen atoms in total. The van der Waals surface area contributed by atoms with Gasteiger partial charge >= 0.3 is 11.9 Å². The van der Waals surface area contributed by atoms with E-state index in [1.54, 1.807) is 20.8 Å². The van der Waals surface area contributed by atoms with Crippen LogP contribution in [0.5, 0.6) is 0 Å². The summed E-state index contributed by atoms with van der Waals surface area (Å²) in [5.74, 6) is -1.06. The Morgan fingerprint density at radius 1 is 1.00 bits per heavy atom. The molecule has 0 spiro atoms. The second-order valence-corrected chi connectivity index (χ2v) is 6.34. The van der Waals surface area contributed by atoms with Crippen molar-refractivity contribution < 1.29 is 19.1 Å². The van der Waals surface area contributed by atoms with Crippen molar-refractivity contribution in [1.29, 1.82) is 0 Å². The zero-order valence-corrected chi connectivity index (χ0v) is 14.9. The molecular weight excluding hydrogens is 296 g/mol. The largest absolute Gasteiger partial charge is 0.464 e. The molecule has 128 valence electrons. The molecular formula is C17H26N2O4. The molecule has 1 aromatic rings. The van der Waals surface area contributed by atoms with Gasteiger partial charge in [-0.2, -0.15) is 5.10 Å². The van der Waals surface area contributed by atoms with Gasteiger partial charge in [-0.05, 0) is 33.6 Å². The lowest BCUT2D eigenvalue weighted by Crippen LogP contribution is -2.27. The highest BCUT2D eigenvalue weighted by Gasteiger charge is 2.28. The number of carbonyl (C=O) groups excluding carboxylic acids is 2. The van der Waals surface area contributed by atoms with Gasteiger partial charge in [-0.1, -0.05) is 26.7 Å². The van der Waals surface area contributed by atoms with Gasteiger partial charge in [-0.3, -0.25) is 0 Å². The summed E-state index contributed by atoms with van der Waals surface area (Å²) in [6.45, 7) is 9.38. The highest BCUT2D eigenvalue weighted by atomic mass is 16.6. The summed E-state index contributed by atoms with van der Waals surface area (Å²) in [5, 5.41) is 8.07. The number of esters is 2. The van der Waals surface area contributed by atoms with E-state index in [2.05, 4.69) is 10.2 Å². The zero-order valence-electron chi connectivity index (χ0n) is 14.9. The van der Waals surface area contributed by atoms with Crippen molar-refractivity contribution in [3.8, 4) is 0 Å². The van der Waals surface area contributed by atoms with Gasteiger partial charge in [0.15, 0.2) is 5.69 Å². The minimum Gasteiger partial charge on any atom is -0.464 e. The van der Waals surface area contributed by atoms with E-state index in [4.69, 9.17) is 9.47 Å². The van der Waals surface area contributed by atoms with E-state index in [9.17, 15) is 9.59 Å². The summed E-state index contributed by atoms with van der Waals surface area (Å²) < 4.78 is 10.3. The number of carbonyl (C=O) groups is 2. The first-order valence-corrected chi connectivity index (χ1v) is 7.95. The van der Waals surface area contributed by atoms with Crippen molar-refractivity contribution >= 4 is 11.9 Å². The van der Waals surface area contributed by atoms with Gasteiger partial charge in [-0.25, -0.2) is 9.59 Å². The van der Waals surface area contributed by atoms with E-state index in [0.29, 0.717) is 29.7 Å². The number of methoxy groups -OCH3 is 1. The molecule has 1 aromatic heterocycles. The second kappa shape index (κ2) is 8.04. The lowest BCUT2D eigenvalue weighted by atomic mass is 9.98. The van der Waals surface area contributed by atoms with Crippen LogP contribution in [-0.4, -0.2) is 34.8 Å². The summed E-state index contributed by atoms with van der Waals surface area (Å²) in [6.07, 6.45) is 2.70. The third-order valence-corrected chi connectivity index (χ3v) is 3.12. The Labute approximate surface area is 137 Å². The summed E-state index contributed by atoms with van der Waals surface area (Å²) >= 11 is 0. The van der Waals surface area contributed by atoms with Crippen molar-refractivity contribution in [2.24, 2.45) is 0 Å². The van der Waals surface area contributed by atoms with E-state index < -0.39 is 17.5 Å². The topological polar surface area (TPSA) is 78.4 Å². The van der Waals surface area contributed by atoms with Crippen LogP contribution in [0, 0.1) is 0 Å². The number of aryl methyl sites for hydroxylation is 1. The highest BCUT2D eigenvalue weighted by molar-refractivity contribution is 5.97. The van der Waals surface area contributed by atoms with Gasteiger partial charge in [0, 0.05) is 5.56 Å². The van der Waals surface area contributed by atoms with Crippen molar-refractivity contribution in [1.82, 2.24) is 10.2 Å². The first-order chi connectivity index (χ1) is 10.7. The van der Waals surface area contributed by atoms with Crippen LogP contribution in [0.15, 0.2) is 0 Å². The molecule has 0 aromatic carbocycles. The maximum absolute atomic E-state index is 12.7. The molecule has 0 radical (unpaired) electrons. The molecule has 6 heteroatoms. The van der Waals surface area contributed by atoms with E-state index >= 15 is 0 Å². The molecule has 23 heavy (non-hydrogen) atoms. The smallest absolute Gasteiger partial charge is 0.358 e. The van der Waals surface area contributed by atoms with Crippen LogP contribution < -0.4 is 0 Å². The van der Waals surface area contributed by atoms with E-state index in [1.165, 1.54) is 7.11 Å². The number of nitrogens with zero attached hydrogens (tertiary/aromatic N) is 2. The molecule has 0 atom stereocenters. The summed E-state index contributed by atoms with van der Waals surface area (Å²) in [5.41, 5.74) is 0.956. The van der Waals surface area contributed by atoms with Crippen molar-refractivity contribution in [3.05, 3.63) is 22.5 Å². The standard InChI is InChI=1S/C17H26N2O4/c1-7-9-11-13(15(20)23-17(3,4)5)12(10-8-2)18-19-14(11)16(21)22-6/h7-10H2,1-6H3. The predicted octanol–water partition coefficient (Wildman–Crippen LogP) is 3.12. The Bertz CT molecular complexity index is 577. The molecule has 0 fully saturated rings. The van der Waals surface area contributed by atoms with Crippen LogP contribution >= 0.6 is 0 Å². The number of rotatable bonds is 6. The maximum Gasteiger partial charge on any atom is 0.358 e. The number of hydrogen-bond acceptors (Lipinski definition) is 6. The first-order valence-electron chi connectivity index (χ1n) is 7.95. The number of hydrogen-bond donors (Lipinski definition) is 0. The quantitative estimate of drug-likeness (QED) is 0.749. The fraction of sp³-hybridized carbons (Fsp3) is 0.647. The molecule has 0 bridgehead atoms. The molecule has 0 aliphatic heterocycles. The van der Waals surface area contributed by atoms with Crippen LogP contribution in [0.3, 0.4) is 0 Å². The van der Waals surface area contributed by atoms with Gasteiger partial charge in [-0.15, -0.1) is 5.10 Å². The third-order valence-electron chi connectivity index (χ3n) is 3.12. The van der Waals surface area contributed by atoms with Crippen molar-refractivity contribution in [3.63, 3.8) is 0 Å². The lowest BCUT2D eigenvalue weighted by molar-refractivity contribution is 0.00661. The first kappa shape index (κ1) is 19.1. The maximum atomic E-state index is 12.7. The van der Waals surface area contributed by atoms with Crippen LogP contribution in [0.25, 0.3) is 0 Å². The van der Waals surface area contributed by atoms with Crippen LogP contribution in [0.1, 0.15) is 79.6 Å². The van der Waals surface area contributed by atoms with Crippen LogP contribution in [-0.2, 0) is 22.3 Å². The SMILES string of the molecule is CCCc1nnc(C(=O)OC)c(CCC)c1C(=O)OC(C)(C)C. The average molecular weight is 322 g/mol. The van der Waals surface area contributed by atoms with Gasteiger partial charge in [0.2, 0.25) is 0 Å². The Hall–Kier alpha value is -1.98. The minimum absolute atomic E-state index is 0.0927. The van der Waals surface area contributed by atoms with Gasteiger partial charge < -0.3 is 9.47 Å². The van der Waals surface area contributed by atoms with E-state index in [0.717, 1.165) is 12.8 Å². The molecule has 1 heterocycles. The van der Waals surface area contributed by atoms with Gasteiger partial charge in [0.25, 0.3) is 0 Å². The fourth-order valence-electron chi connectivity index (χ4n) is 2.25. The molecule has 0 aliphatic rings. The molecule has 0 saturated heterocycles. The Kier molecular flexibility index (Phi) is 6.66. The number of ether oxygens (including phenoxy) is 2. The molecule has 0 N–H and O–H groups in total. The van der Waals surface area contributed by atoms with Crippen LogP contribution in [0.2, 0.25) is 0 Å². The van der Waals surface area contributed by atoms with Crippen LogP contribution in [0.4, 0.5) is 0 Å². The van der Waals surface area contributed by atoms with E-state index in [1.807, 2.05) is 13.8 Å². The minimum atomic E-state index is -0.626.